The number of carboxylic acids is 4. The summed E-state index contributed by atoms with van der Waals surface area (Å²) in [5.74, 6) is -4.57. The lowest BCUT2D eigenvalue weighted by Gasteiger charge is -2.06. The zero-order chi connectivity index (χ0) is 22.2. The first-order valence-corrected chi connectivity index (χ1v) is 7.47. The summed E-state index contributed by atoms with van der Waals surface area (Å²) < 4.78 is 0. The van der Waals surface area contributed by atoms with Gasteiger partial charge >= 0.3 is 23.9 Å². The van der Waals surface area contributed by atoms with Gasteiger partial charge in [-0.25, -0.2) is 0 Å². The molecule has 29 heavy (non-hydrogen) atoms. The number of halogens is 1. The van der Waals surface area contributed by atoms with Gasteiger partial charge in [0.05, 0.1) is 6.42 Å². The van der Waals surface area contributed by atoms with E-state index in [1.807, 2.05) is 0 Å². The number of aliphatic carboxylic acids is 4. The van der Waals surface area contributed by atoms with E-state index < -0.39 is 48.4 Å². The molecular weight excluding hydrogens is 420 g/mol. The summed E-state index contributed by atoms with van der Waals surface area (Å²) in [6.45, 7) is 1.90. The predicted molar refractivity (Wildman–Crippen MR) is 105 cm³/mol. The first-order chi connectivity index (χ1) is 12.2. The molecule has 0 aliphatic rings. The minimum atomic E-state index is -1.29. The molecule has 0 amide bonds. The molecule has 0 aromatic carbocycles. The van der Waals surface area contributed by atoms with Gasteiger partial charge in [-0.3, -0.25) is 24.6 Å². The summed E-state index contributed by atoms with van der Waals surface area (Å²) in [6.07, 6.45) is 0.442. The standard InChI is InChI=1S/C6H14N4O2.C4H7NO4.C3H7NO2.ClH.H2O/c7-4(5(11)12)2-1-3-10-6(8)9;5-2(4(8)9)1-3(6)7;1-2(4)3(5)6;;/h4H,1-3,7H2,(H,11,12)(H4,8,9,10);2H,1,5H2,(H,6,7)(H,8,9);2H,4H2,1H3,(H,5,6);1H;1H2. The highest BCUT2D eigenvalue weighted by molar-refractivity contribution is 5.85. The average molecular weight is 451 g/mol. The minimum Gasteiger partial charge on any atom is -0.481 e. The second kappa shape index (κ2) is 21.6. The number of guanidine groups is 1. The molecule has 0 spiro atoms. The lowest BCUT2D eigenvalue weighted by Crippen LogP contribution is -2.34. The molecule has 0 fully saturated rings. The topological polar surface area (TPSA) is 321 Å². The van der Waals surface area contributed by atoms with Crippen LogP contribution in [0.2, 0.25) is 0 Å². The number of nitrogens with one attached hydrogen (secondary N) is 2. The molecule has 0 saturated carbocycles. The van der Waals surface area contributed by atoms with E-state index in [4.69, 9.17) is 48.8 Å². The van der Waals surface area contributed by atoms with E-state index >= 15 is 0 Å². The molecule has 3 unspecified atom stereocenters. The smallest absolute Gasteiger partial charge is 0.321 e. The highest BCUT2D eigenvalue weighted by atomic mass is 35.5. The van der Waals surface area contributed by atoms with Gasteiger partial charge in [-0.05, 0) is 19.8 Å². The van der Waals surface area contributed by atoms with Crippen LogP contribution in [0.1, 0.15) is 26.2 Å². The van der Waals surface area contributed by atoms with E-state index in [2.05, 4.69) is 5.32 Å². The summed E-state index contributed by atoms with van der Waals surface area (Å²) >= 11 is 0. The van der Waals surface area contributed by atoms with Crippen molar-refractivity contribution in [3.8, 4) is 0 Å². The van der Waals surface area contributed by atoms with Crippen LogP contribution >= 0.6 is 12.4 Å². The van der Waals surface area contributed by atoms with Crippen LogP contribution in [0, 0.1) is 5.41 Å². The highest BCUT2D eigenvalue weighted by Gasteiger charge is 2.14. The van der Waals surface area contributed by atoms with E-state index in [0.717, 1.165) is 0 Å². The number of hydrogen-bond acceptors (Lipinski definition) is 8. The number of rotatable bonds is 9. The first-order valence-electron chi connectivity index (χ1n) is 7.47. The zero-order valence-corrected chi connectivity index (χ0v) is 16.5. The largest absolute Gasteiger partial charge is 0.481 e. The molecular formula is C13H31ClN6O9. The summed E-state index contributed by atoms with van der Waals surface area (Å²) in [5.41, 5.74) is 19.9. The first kappa shape index (κ1) is 37.1. The molecule has 0 heterocycles. The van der Waals surface area contributed by atoms with Crippen LogP contribution in [0.4, 0.5) is 0 Å². The fourth-order valence-electron chi connectivity index (χ4n) is 0.944. The van der Waals surface area contributed by atoms with Crippen molar-refractivity contribution in [1.29, 1.82) is 5.41 Å². The third kappa shape index (κ3) is 33.3. The molecule has 16 heteroatoms. The van der Waals surface area contributed by atoms with Crippen molar-refractivity contribution in [3.05, 3.63) is 0 Å². The van der Waals surface area contributed by atoms with Crippen molar-refractivity contribution in [2.45, 2.75) is 44.3 Å². The molecule has 0 rings (SSSR count). The molecule has 0 bridgehead atoms. The summed E-state index contributed by atoms with van der Waals surface area (Å²) in [7, 11) is 0. The quantitative estimate of drug-likeness (QED) is 0.0927. The second-order valence-electron chi connectivity index (χ2n) is 5.10. The van der Waals surface area contributed by atoms with Crippen molar-refractivity contribution in [1.82, 2.24) is 5.32 Å². The van der Waals surface area contributed by atoms with Crippen LogP contribution in [0.5, 0.6) is 0 Å². The second-order valence-corrected chi connectivity index (χ2v) is 5.10. The lowest BCUT2D eigenvalue weighted by atomic mass is 10.2. The SMILES string of the molecule is CC(N)C(=O)O.Cl.N=C(N)NCCCC(N)C(=O)O.NC(CC(=O)O)C(=O)O.O. The maximum Gasteiger partial charge on any atom is 0.321 e. The number of nitrogens with two attached hydrogens (primary N) is 4. The molecule has 3 atom stereocenters. The van der Waals surface area contributed by atoms with Gasteiger partial charge < -0.3 is 54.2 Å². The van der Waals surface area contributed by atoms with Crippen molar-refractivity contribution < 1.29 is 45.1 Å². The highest BCUT2D eigenvalue weighted by Crippen LogP contribution is 1.92. The normalized spacial score (nSPS) is 11.7. The van der Waals surface area contributed by atoms with Crippen molar-refractivity contribution in [2.24, 2.45) is 22.9 Å². The summed E-state index contributed by atoms with van der Waals surface area (Å²) in [5, 5.41) is 41.6. The monoisotopic (exact) mass is 450 g/mol. The molecule has 15 nitrogen and oxygen atoms in total. The molecule has 0 aromatic heterocycles. The Bertz CT molecular complexity index is 507. The van der Waals surface area contributed by atoms with Crippen LogP contribution in [-0.2, 0) is 19.2 Å². The summed E-state index contributed by atoms with van der Waals surface area (Å²) in [6, 6.07) is -2.84. The van der Waals surface area contributed by atoms with Gasteiger partial charge in [0, 0.05) is 6.54 Å². The van der Waals surface area contributed by atoms with Gasteiger partial charge in [0.2, 0.25) is 0 Å². The van der Waals surface area contributed by atoms with Crippen LogP contribution in [0.15, 0.2) is 0 Å². The number of carbonyl (C=O) groups is 4. The molecule has 0 saturated heterocycles. The molecule has 0 radical (unpaired) electrons. The Balaban J connectivity index is -0.000000101. The molecule has 174 valence electrons. The van der Waals surface area contributed by atoms with E-state index in [1.54, 1.807) is 0 Å². The van der Waals surface area contributed by atoms with Gasteiger partial charge in [0.25, 0.3) is 0 Å². The Morgan fingerprint density at radius 3 is 1.52 bits per heavy atom. The maximum absolute atomic E-state index is 10.2. The average Bonchev–Trinajstić information content (AvgIpc) is 2.51. The third-order valence-corrected chi connectivity index (χ3v) is 2.43. The Labute approximate surface area is 172 Å². The van der Waals surface area contributed by atoms with Gasteiger partial charge in [-0.15, -0.1) is 12.4 Å². The van der Waals surface area contributed by atoms with E-state index in [-0.39, 0.29) is 23.8 Å². The van der Waals surface area contributed by atoms with Crippen molar-refractivity contribution in [2.75, 3.05) is 6.54 Å². The molecule has 16 N–H and O–H groups in total. The number of carboxylic acid groups (broad SMARTS) is 4. The lowest BCUT2D eigenvalue weighted by molar-refractivity contribution is -0.144. The van der Waals surface area contributed by atoms with Crippen LogP contribution in [0.25, 0.3) is 0 Å². The Morgan fingerprint density at radius 1 is 0.931 bits per heavy atom. The van der Waals surface area contributed by atoms with E-state index in [1.165, 1.54) is 6.92 Å². The van der Waals surface area contributed by atoms with Gasteiger partial charge in [-0.2, -0.15) is 0 Å². The van der Waals surface area contributed by atoms with Crippen LogP contribution in [0.3, 0.4) is 0 Å². The van der Waals surface area contributed by atoms with E-state index in [0.29, 0.717) is 19.4 Å². The Kier molecular flexibility index (Phi) is 27.6. The molecule has 0 aliphatic carbocycles. The fraction of sp³-hybridized carbons (Fsp3) is 0.615. The minimum absolute atomic E-state index is 0. The van der Waals surface area contributed by atoms with Crippen molar-refractivity contribution in [3.63, 3.8) is 0 Å². The number of hydrogen-bond donors (Lipinski definition) is 10. The predicted octanol–water partition coefficient (Wildman–Crippen LogP) is -3.45. The van der Waals surface area contributed by atoms with E-state index in [9.17, 15) is 19.2 Å². The van der Waals surface area contributed by atoms with Crippen LogP contribution < -0.4 is 28.3 Å². The van der Waals surface area contributed by atoms with Crippen molar-refractivity contribution >= 4 is 42.2 Å². The Hall–Kier alpha value is -2.72. The third-order valence-electron chi connectivity index (χ3n) is 2.43. The Morgan fingerprint density at radius 2 is 1.31 bits per heavy atom. The molecule has 0 aliphatic heterocycles. The van der Waals surface area contributed by atoms with Crippen LogP contribution in [-0.4, -0.2) is 80.4 Å². The van der Waals surface area contributed by atoms with Gasteiger partial charge in [0.15, 0.2) is 5.96 Å². The van der Waals surface area contributed by atoms with Gasteiger partial charge in [-0.1, -0.05) is 0 Å². The zero-order valence-electron chi connectivity index (χ0n) is 15.7. The molecule has 0 aromatic rings. The fourth-order valence-corrected chi connectivity index (χ4v) is 0.944. The summed E-state index contributed by atoms with van der Waals surface area (Å²) in [4.78, 5) is 39.4. The maximum atomic E-state index is 10.2. The van der Waals surface area contributed by atoms with Gasteiger partial charge in [0.1, 0.15) is 18.1 Å².